The zero-order valence-corrected chi connectivity index (χ0v) is 11.5. The average molecular weight is 301 g/mol. The highest BCUT2D eigenvalue weighted by Gasteiger charge is 2.09. The molecule has 6 heteroatoms. The minimum absolute atomic E-state index is 0.249. The van der Waals surface area contributed by atoms with Gasteiger partial charge in [-0.3, -0.25) is 0 Å². The normalized spacial score (nSPS) is 10.6. The number of imidazole rings is 1. The molecule has 1 heterocycles. The van der Waals surface area contributed by atoms with Crippen LogP contribution in [0.25, 0.3) is 5.69 Å². The molecule has 2 N–H and O–H groups in total. The molecule has 0 saturated heterocycles. The van der Waals surface area contributed by atoms with Crippen molar-refractivity contribution in [3.05, 3.63) is 72.3 Å². The van der Waals surface area contributed by atoms with Gasteiger partial charge in [0.05, 0.1) is 6.33 Å². The van der Waals surface area contributed by atoms with Crippen LogP contribution in [0.15, 0.2) is 55.1 Å². The maximum absolute atomic E-state index is 13.2. The Bertz CT molecular complexity index is 748. The molecule has 0 radical (unpaired) electrons. The first kappa shape index (κ1) is 14.1. The van der Waals surface area contributed by atoms with Crippen molar-refractivity contribution in [3.63, 3.8) is 0 Å². The van der Waals surface area contributed by atoms with Gasteiger partial charge in [-0.15, -0.1) is 0 Å². The van der Waals surface area contributed by atoms with E-state index in [1.165, 1.54) is 0 Å². The van der Waals surface area contributed by atoms with E-state index in [1.807, 2.05) is 35.0 Å². The molecular formula is C16H13F2N3O. The van der Waals surface area contributed by atoms with Crippen LogP contribution >= 0.6 is 0 Å². The molecule has 0 atom stereocenters. The zero-order valence-electron chi connectivity index (χ0n) is 11.5. The molecule has 0 amide bonds. The van der Waals surface area contributed by atoms with Gasteiger partial charge in [-0.05, 0) is 42.0 Å². The number of benzene rings is 2. The van der Waals surface area contributed by atoms with E-state index in [2.05, 4.69) is 10.3 Å². The van der Waals surface area contributed by atoms with Gasteiger partial charge in [0.25, 0.3) is 0 Å². The number of hydrogen-bond acceptors (Lipinski definition) is 3. The number of halogens is 2. The Morgan fingerprint density at radius 1 is 1.09 bits per heavy atom. The SMILES string of the molecule is Oc1c(F)cc(CNc2ccc(-n3ccnc3)cc2)cc1F. The second-order valence-electron chi connectivity index (χ2n) is 4.78. The van der Waals surface area contributed by atoms with Gasteiger partial charge < -0.3 is 15.0 Å². The number of aromatic nitrogens is 2. The fraction of sp³-hybridized carbons (Fsp3) is 0.0625. The van der Waals surface area contributed by atoms with E-state index >= 15 is 0 Å². The molecule has 0 spiro atoms. The Kier molecular flexibility index (Phi) is 3.74. The second-order valence-corrected chi connectivity index (χ2v) is 4.78. The van der Waals surface area contributed by atoms with Crippen LogP contribution in [0.3, 0.4) is 0 Å². The topological polar surface area (TPSA) is 50.1 Å². The highest BCUT2D eigenvalue weighted by atomic mass is 19.1. The smallest absolute Gasteiger partial charge is 0.187 e. The van der Waals surface area contributed by atoms with Crippen LogP contribution in [0.1, 0.15) is 5.56 Å². The Labute approximate surface area is 125 Å². The molecule has 1 aromatic heterocycles. The molecule has 0 saturated carbocycles. The molecule has 112 valence electrons. The van der Waals surface area contributed by atoms with E-state index in [1.54, 1.807) is 12.5 Å². The lowest BCUT2D eigenvalue weighted by atomic mass is 10.2. The minimum atomic E-state index is -0.966. The molecule has 22 heavy (non-hydrogen) atoms. The number of phenols is 1. The third kappa shape index (κ3) is 2.90. The molecule has 0 fully saturated rings. The Morgan fingerprint density at radius 2 is 1.77 bits per heavy atom. The van der Waals surface area contributed by atoms with Crippen molar-refractivity contribution in [3.8, 4) is 11.4 Å². The van der Waals surface area contributed by atoms with Crippen molar-refractivity contribution < 1.29 is 13.9 Å². The summed E-state index contributed by atoms with van der Waals surface area (Å²) in [5, 5.41) is 12.1. The van der Waals surface area contributed by atoms with Crippen molar-refractivity contribution in [2.75, 3.05) is 5.32 Å². The lowest BCUT2D eigenvalue weighted by molar-refractivity contribution is 0.395. The molecule has 4 nitrogen and oxygen atoms in total. The maximum atomic E-state index is 13.2. The van der Waals surface area contributed by atoms with Gasteiger partial charge in [-0.2, -0.15) is 0 Å². The van der Waals surface area contributed by atoms with Gasteiger partial charge in [0.1, 0.15) is 0 Å². The summed E-state index contributed by atoms with van der Waals surface area (Å²) in [6, 6.07) is 9.74. The summed E-state index contributed by atoms with van der Waals surface area (Å²) in [5.41, 5.74) is 2.19. The van der Waals surface area contributed by atoms with Crippen LogP contribution < -0.4 is 5.32 Å². The van der Waals surface area contributed by atoms with Crippen LogP contribution in [0, 0.1) is 11.6 Å². The predicted octanol–water partition coefficient (Wildman–Crippen LogP) is 3.47. The van der Waals surface area contributed by atoms with Gasteiger partial charge in [0, 0.05) is 30.3 Å². The first-order valence-corrected chi connectivity index (χ1v) is 6.62. The summed E-state index contributed by atoms with van der Waals surface area (Å²) in [7, 11) is 0. The summed E-state index contributed by atoms with van der Waals surface area (Å²) in [6.07, 6.45) is 5.23. The van der Waals surface area contributed by atoms with Crippen molar-refractivity contribution in [1.82, 2.24) is 9.55 Å². The zero-order chi connectivity index (χ0) is 15.5. The van der Waals surface area contributed by atoms with E-state index in [0.717, 1.165) is 23.5 Å². The number of phenolic OH excluding ortho intramolecular Hbond substituents is 1. The summed E-state index contributed by atoms with van der Waals surface area (Å²) in [5.74, 6) is -2.88. The first-order valence-electron chi connectivity index (χ1n) is 6.62. The summed E-state index contributed by atoms with van der Waals surface area (Å²) in [4.78, 5) is 3.98. The lowest BCUT2D eigenvalue weighted by Crippen LogP contribution is -2.01. The maximum Gasteiger partial charge on any atom is 0.187 e. The van der Waals surface area contributed by atoms with Crippen LogP contribution in [0.4, 0.5) is 14.5 Å². The van der Waals surface area contributed by atoms with Crippen molar-refractivity contribution in [2.45, 2.75) is 6.54 Å². The van der Waals surface area contributed by atoms with E-state index in [9.17, 15) is 8.78 Å². The summed E-state index contributed by atoms with van der Waals surface area (Å²) < 4.78 is 28.4. The Balaban J connectivity index is 1.69. The van der Waals surface area contributed by atoms with E-state index in [0.29, 0.717) is 5.56 Å². The standard InChI is InChI=1S/C16H13F2N3O/c17-14-7-11(8-15(18)16(14)22)9-20-12-1-3-13(4-2-12)21-6-5-19-10-21/h1-8,10,20,22H,9H2. The highest BCUT2D eigenvalue weighted by molar-refractivity contribution is 5.49. The van der Waals surface area contributed by atoms with Crippen molar-refractivity contribution in [2.24, 2.45) is 0 Å². The van der Waals surface area contributed by atoms with Crippen LogP contribution in [0.5, 0.6) is 5.75 Å². The number of anilines is 1. The van der Waals surface area contributed by atoms with Gasteiger partial charge in [-0.25, -0.2) is 13.8 Å². The highest BCUT2D eigenvalue weighted by Crippen LogP contribution is 2.22. The van der Waals surface area contributed by atoms with Crippen LogP contribution in [-0.2, 0) is 6.54 Å². The van der Waals surface area contributed by atoms with Gasteiger partial charge in [0.15, 0.2) is 17.4 Å². The monoisotopic (exact) mass is 301 g/mol. The largest absolute Gasteiger partial charge is 0.503 e. The van der Waals surface area contributed by atoms with E-state index < -0.39 is 17.4 Å². The molecule has 0 bridgehead atoms. The fourth-order valence-corrected chi connectivity index (χ4v) is 2.09. The Hall–Kier alpha value is -2.89. The van der Waals surface area contributed by atoms with Gasteiger partial charge in [0.2, 0.25) is 0 Å². The molecule has 0 aliphatic heterocycles. The van der Waals surface area contributed by atoms with Crippen LogP contribution in [0.2, 0.25) is 0 Å². The third-order valence-corrected chi connectivity index (χ3v) is 3.24. The van der Waals surface area contributed by atoms with Gasteiger partial charge in [-0.1, -0.05) is 0 Å². The Morgan fingerprint density at radius 3 is 2.36 bits per heavy atom. The molecule has 0 aliphatic rings. The number of nitrogens with one attached hydrogen (secondary N) is 1. The molecular weight excluding hydrogens is 288 g/mol. The minimum Gasteiger partial charge on any atom is -0.503 e. The number of aromatic hydroxyl groups is 1. The molecule has 3 aromatic rings. The summed E-state index contributed by atoms with van der Waals surface area (Å²) in [6.45, 7) is 0.249. The molecule has 3 rings (SSSR count). The number of rotatable bonds is 4. The third-order valence-electron chi connectivity index (χ3n) is 3.24. The molecule has 0 aliphatic carbocycles. The molecule has 0 unspecified atom stereocenters. The number of hydrogen-bond donors (Lipinski definition) is 2. The predicted molar refractivity (Wildman–Crippen MR) is 78.9 cm³/mol. The quantitative estimate of drug-likeness (QED) is 0.776. The second kappa shape index (κ2) is 5.85. The lowest BCUT2D eigenvalue weighted by Gasteiger charge is -2.09. The van der Waals surface area contributed by atoms with Crippen molar-refractivity contribution in [1.29, 1.82) is 0 Å². The average Bonchev–Trinajstić information content (AvgIpc) is 3.05. The van der Waals surface area contributed by atoms with Crippen LogP contribution in [-0.4, -0.2) is 14.7 Å². The first-order chi connectivity index (χ1) is 10.6. The fourth-order valence-electron chi connectivity index (χ4n) is 2.09. The summed E-state index contributed by atoms with van der Waals surface area (Å²) >= 11 is 0. The van der Waals surface area contributed by atoms with E-state index in [4.69, 9.17) is 5.11 Å². The molecule has 2 aromatic carbocycles. The van der Waals surface area contributed by atoms with E-state index in [-0.39, 0.29) is 6.54 Å². The van der Waals surface area contributed by atoms with Crippen molar-refractivity contribution >= 4 is 5.69 Å². The van der Waals surface area contributed by atoms with Gasteiger partial charge >= 0.3 is 0 Å². The number of nitrogens with zero attached hydrogens (tertiary/aromatic N) is 2.